The van der Waals surface area contributed by atoms with Gasteiger partial charge >= 0.3 is 0 Å². The summed E-state index contributed by atoms with van der Waals surface area (Å²) in [5.74, 6) is -1.58. The Labute approximate surface area is 135 Å². The van der Waals surface area contributed by atoms with Crippen LogP contribution in [0.1, 0.15) is 11.1 Å². The van der Waals surface area contributed by atoms with E-state index in [0.717, 1.165) is 16.7 Å². The zero-order chi connectivity index (χ0) is 17.6. The first-order valence-electron chi connectivity index (χ1n) is 7.14. The summed E-state index contributed by atoms with van der Waals surface area (Å²) >= 11 is 0. The summed E-state index contributed by atoms with van der Waals surface area (Å²) < 4.78 is 29.4. The van der Waals surface area contributed by atoms with E-state index < -0.39 is 23.8 Å². The van der Waals surface area contributed by atoms with Gasteiger partial charge in [-0.1, -0.05) is 0 Å². The third kappa shape index (κ3) is 2.30. The van der Waals surface area contributed by atoms with Crippen LogP contribution < -0.4 is 16.9 Å². The molecule has 0 aliphatic rings. The van der Waals surface area contributed by atoms with Crippen LogP contribution in [0.25, 0.3) is 16.6 Å². The standard InChI is InChI=1S/C17H15F2N3O2/c1-8-12(20)3-2-10-15(24)6-16(19)22(17(8)10)14-5-13(21)11(18)4-9(14)7-23/h2-6,23H,7,20-21H2,1H3. The predicted octanol–water partition coefficient (Wildman–Crippen LogP) is 2.23. The van der Waals surface area contributed by atoms with Crippen molar-refractivity contribution in [3.05, 3.63) is 63.4 Å². The highest BCUT2D eigenvalue weighted by atomic mass is 19.1. The summed E-state index contributed by atoms with van der Waals surface area (Å²) in [6.07, 6.45) is 0. The Morgan fingerprint density at radius 2 is 1.83 bits per heavy atom. The van der Waals surface area contributed by atoms with Crippen molar-refractivity contribution in [2.24, 2.45) is 0 Å². The second kappa shape index (κ2) is 5.61. The van der Waals surface area contributed by atoms with Crippen molar-refractivity contribution in [1.29, 1.82) is 0 Å². The lowest BCUT2D eigenvalue weighted by Gasteiger charge is -2.18. The summed E-state index contributed by atoms with van der Waals surface area (Å²) in [5.41, 5.74) is 12.2. The molecule has 1 heterocycles. The molecular weight excluding hydrogens is 316 g/mol. The van der Waals surface area contributed by atoms with Crippen molar-refractivity contribution in [2.45, 2.75) is 13.5 Å². The van der Waals surface area contributed by atoms with E-state index in [9.17, 15) is 18.7 Å². The lowest BCUT2D eigenvalue weighted by Crippen LogP contribution is -2.15. The van der Waals surface area contributed by atoms with Gasteiger partial charge in [0, 0.05) is 22.7 Å². The Hall–Kier alpha value is -2.93. The summed E-state index contributed by atoms with van der Waals surface area (Å²) in [5, 5.41) is 9.77. The quantitative estimate of drug-likeness (QED) is 0.496. The highest BCUT2D eigenvalue weighted by Crippen LogP contribution is 2.29. The molecule has 0 aliphatic carbocycles. The molecule has 0 spiro atoms. The number of hydrogen-bond acceptors (Lipinski definition) is 4. The first-order chi connectivity index (χ1) is 11.3. The van der Waals surface area contributed by atoms with Crippen LogP contribution in [-0.4, -0.2) is 9.67 Å². The van der Waals surface area contributed by atoms with Crippen LogP contribution >= 0.6 is 0 Å². The van der Waals surface area contributed by atoms with Crippen LogP contribution in [0, 0.1) is 18.7 Å². The Balaban J connectivity index is 2.54. The van der Waals surface area contributed by atoms with Crippen molar-refractivity contribution in [1.82, 2.24) is 4.57 Å². The van der Waals surface area contributed by atoms with E-state index in [1.165, 1.54) is 12.1 Å². The maximum Gasteiger partial charge on any atom is 0.202 e. The number of aryl methyl sites for hydroxylation is 1. The van der Waals surface area contributed by atoms with E-state index in [0.29, 0.717) is 11.3 Å². The minimum atomic E-state index is -0.859. The van der Waals surface area contributed by atoms with E-state index >= 15 is 0 Å². The summed E-state index contributed by atoms with van der Waals surface area (Å²) in [7, 11) is 0. The van der Waals surface area contributed by atoms with Gasteiger partial charge < -0.3 is 16.6 Å². The minimum Gasteiger partial charge on any atom is -0.398 e. The number of aromatic nitrogens is 1. The zero-order valence-electron chi connectivity index (χ0n) is 12.8. The number of fused-ring (bicyclic) bond motifs is 1. The van der Waals surface area contributed by atoms with Gasteiger partial charge in [0.25, 0.3) is 0 Å². The molecule has 0 saturated heterocycles. The molecule has 7 heteroatoms. The molecule has 5 nitrogen and oxygen atoms in total. The number of hydrogen-bond donors (Lipinski definition) is 3. The summed E-state index contributed by atoms with van der Waals surface area (Å²) in [4.78, 5) is 12.1. The molecule has 3 aromatic rings. The Kier molecular flexibility index (Phi) is 3.73. The molecule has 0 saturated carbocycles. The van der Waals surface area contributed by atoms with Gasteiger partial charge in [-0.15, -0.1) is 0 Å². The van der Waals surface area contributed by atoms with Crippen LogP contribution in [0.2, 0.25) is 0 Å². The minimum absolute atomic E-state index is 0.132. The molecule has 124 valence electrons. The van der Waals surface area contributed by atoms with Gasteiger partial charge in [-0.25, -0.2) is 4.39 Å². The highest BCUT2D eigenvalue weighted by molar-refractivity contribution is 5.88. The second-order valence-electron chi connectivity index (χ2n) is 5.50. The van der Waals surface area contributed by atoms with Gasteiger partial charge in [-0.05, 0) is 36.8 Å². The zero-order valence-corrected chi connectivity index (χ0v) is 12.8. The molecule has 5 N–H and O–H groups in total. The molecule has 0 bridgehead atoms. The number of rotatable bonds is 2. The maximum atomic E-state index is 14.6. The largest absolute Gasteiger partial charge is 0.398 e. The van der Waals surface area contributed by atoms with Crippen molar-refractivity contribution < 1.29 is 13.9 Å². The molecule has 24 heavy (non-hydrogen) atoms. The fourth-order valence-corrected chi connectivity index (χ4v) is 2.75. The fourth-order valence-electron chi connectivity index (χ4n) is 2.75. The third-order valence-electron chi connectivity index (χ3n) is 4.03. The van der Waals surface area contributed by atoms with E-state index in [1.54, 1.807) is 13.0 Å². The van der Waals surface area contributed by atoms with E-state index in [2.05, 4.69) is 0 Å². The van der Waals surface area contributed by atoms with Crippen LogP contribution in [0.5, 0.6) is 0 Å². The van der Waals surface area contributed by atoms with Crippen molar-refractivity contribution in [2.75, 3.05) is 11.5 Å². The number of nitrogens with zero attached hydrogens (tertiary/aromatic N) is 1. The number of nitrogen functional groups attached to an aromatic ring is 2. The highest BCUT2D eigenvalue weighted by Gasteiger charge is 2.18. The number of aliphatic hydroxyl groups is 1. The van der Waals surface area contributed by atoms with Crippen LogP contribution in [0.15, 0.2) is 35.1 Å². The van der Waals surface area contributed by atoms with Crippen LogP contribution in [0.4, 0.5) is 20.2 Å². The smallest absolute Gasteiger partial charge is 0.202 e. The van der Waals surface area contributed by atoms with Gasteiger partial charge in [0.15, 0.2) is 5.43 Å². The fraction of sp³-hybridized carbons (Fsp3) is 0.118. The van der Waals surface area contributed by atoms with E-state index in [-0.39, 0.29) is 27.8 Å². The maximum absolute atomic E-state index is 14.6. The first kappa shape index (κ1) is 15.9. The molecule has 1 aromatic heterocycles. The molecule has 0 radical (unpaired) electrons. The van der Waals surface area contributed by atoms with Crippen LogP contribution in [0.3, 0.4) is 0 Å². The molecule has 0 unspecified atom stereocenters. The Morgan fingerprint density at radius 1 is 1.12 bits per heavy atom. The van der Waals surface area contributed by atoms with E-state index in [1.807, 2.05) is 0 Å². The number of benzene rings is 2. The van der Waals surface area contributed by atoms with Gasteiger partial charge in [-0.3, -0.25) is 9.36 Å². The normalized spacial score (nSPS) is 11.2. The first-order valence-corrected chi connectivity index (χ1v) is 7.14. The van der Waals surface area contributed by atoms with Crippen molar-refractivity contribution in [3.8, 4) is 5.69 Å². The van der Waals surface area contributed by atoms with Gasteiger partial charge in [0.05, 0.1) is 23.5 Å². The number of aliphatic hydroxyl groups excluding tert-OH is 1. The molecule has 0 fully saturated rings. The second-order valence-corrected chi connectivity index (χ2v) is 5.50. The Morgan fingerprint density at radius 3 is 2.50 bits per heavy atom. The molecule has 0 atom stereocenters. The number of halogens is 2. The van der Waals surface area contributed by atoms with Gasteiger partial charge in [-0.2, -0.15) is 4.39 Å². The average Bonchev–Trinajstić information content (AvgIpc) is 2.54. The summed E-state index contributed by atoms with van der Waals surface area (Å²) in [6, 6.07) is 6.15. The molecule has 0 aliphatic heterocycles. The van der Waals surface area contributed by atoms with Crippen molar-refractivity contribution >= 4 is 22.3 Å². The van der Waals surface area contributed by atoms with Crippen LogP contribution in [-0.2, 0) is 6.61 Å². The molecular formula is C17H15F2N3O2. The van der Waals surface area contributed by atoms with Gasteiger partial charge in [0.2, 0.25) is 5.95 Å². The van der Waals surface area contributed by atoms with Crippen molar-refractivity contribution in [3.63, 3.8) is 0 Å². The molecule has 3 rings (SSSR count). The number of anilines is 2. The predicted molar refractivity (Wildman–Crippen MR) is 88.9 cm³/mol. The van der Waals surface area contributed by atoms with Gasteiger partial charge in [0.1, 0.15) is 5.82 Å². The average molecular weight is 331 g/mol. The number of pyridine rings is 1. The molecule has 2 aromatic carbocycles. The van der Waals surface area contributed by atoms with E-state index in [4.69, 9.17) is 11.5 Å². The molecule has 0 amide bonds. The Bertz CT molecular complexity index is 1030. The monoisotopic (exact) mass is 331 g/mol. The third-order valence-corrected chi connectivity index (χ3v) is 4.03. The SMILES string of the molecule is Cc1c(N)ccc2c(=O)cc(F)n(-c3cc(N)c(F)cc3CO)c12. The topological polar surface area (TPSA) is 94.3 Å². The number of nitrogens with two attached hydrogens (primary N) is 2. The summed E-state index contributed by atoms with van der Waals surface area (Å²) in [6.45, 7) is 1.12. The lowest BCUT2D eigenvalue weighted by atomic mass is 10.1. The lowest BCUT2D eigenvalue weighted by molar-refractivity contribution is 0.280.